The maximum atomic E-state index is 5.85. The van der Waals surface area contributed by atoms with E-state index in [0.717, 1.165) is 30.1 Å². The highest BCUT2D eigenvalue weighted by Crippen LogP contribution is 2.13. The van der Waals surface area contributed by atoms with E-state index in [2.05, 4.69) is 18.0 Å². The van der Waals surface area contributed by atoms with Crippen LogP contribution in [-0.4, -0.2) is 12.6 Å². The first-order valence-corrected chi connectivity index (χ1v) is 9.07. The minimum absolute atomic E-state index is 0.0137. The summed E-state index contributed by atoms with van der Waals surface area (Å²) in [5, 5.41) is 3.22. The largest absolute Gasteiger partial charge is 0.492 e. The summed E-state index contributed by atoms with van der Waals surface area (Å²) in [6, 6.07) is 9.76. The molecule has 1 rings (SSSR count). The van der Waals surface area contributed by atoms with Crippen LogP contribution < -0.4 is 10.1 Å². The number of hydrogen-bond donors (Lipinski definition) is 1. The molecule has 0 heterocycles. The van der Waals surface area contributed by atoms with Gasteiger partial charge in [-0.25, -0.2) is 0 Å². The van der Waals surface area contributed by atoms with E-state index in [9.17, 15) is 0 Å². The summed E-state index contributed by atoms with van der Waals surface area (Å²) in [4.78, 5) is 0. The van der Waals surface area contributed by atoms with Gasteiger partial charge < -0.3 is 14.8 Å². The summed E-state index contributed by atoms with van der Waals surface area (Å²) < 4.78 is 11.6. The normalized spacial score (nSPS) is 13.4. The second-order valence-corrected chi connectivity index (χ2v) is 5.76. The van der Waals surface area contributed by atoms with E-state index in [1.165, 1.54) is 0 Å². The summed E-state index contributed by atoms with van der Waals surface area (Å²) in [6.07, 6.45) is 15.7. The van der Waals surface area contributed by atoms with Crippen molar-refractivity contribution in [3.63, 3.8) is 0 Å². The standard InChI is InChI=1S/C23H31NO2/c1-5-7-9-13-20(3)25-21(4)16-18-24-19-17-22(12-6-2)26-23-14-10-8-11-15-23/h5-8,10-12,14-18,21,24H,3,9,13,19H2,1-2,4H3/b7-5-,12-6-,18-16+,22-17+. The van der Waals surface area contributed by atoms with Gasteiger partial charge >= 0.3 is 0 Å². The molecule has 0 amide bonds. The molecule has 0 fully saturated rings. The van der Waals surface area contributed by atoms with Crippen molar-refractivity contribution in [1.29, 1.82) is 0 Å². The van der Waals surface area contributed by atoms with Crippen LogP contribution in [0.1, 0.15) is 33.6 Å². The number of para-hydroxylation sites is 1. The number of hydrogen-bond acceptors (Lipinski definition) is 3. The van der Waals surface area contributed by atoms with E-state index >= 15 is 0 Å². The highest BCUT2D eigenvalue weighted by molar-refractivity contribution is 5.26. The maximum absolute atomic E-state index is 5.85. The zero-order chi connectivity index (χ0) is 19.0. The smallest absolute Gasteiger partial charge is 0.127 e. The lowest BCUT2D eigenvalue weighted by Crippen LogP contribution is -2.09. The molecule has 1 N–H and O–H groups in total. The first-order valence-electron chi connectivity index (χ1n) is 9.07. The molecule has 1 aromatic rings. The number of rotatable bonds is 12. The Kier molecular flexibility index (Phi) is 11.2. The lowest BCUT2D eigenvalue weighted by molar-refractivity contribution is 0.163. The van der Waals surface area contributed by atoms with E-state index in [4.69, 9.17) is 9.47 Å². The van der Waals surface area contributed by atoms with Gasteiger partial charge in [0.2, 0.25) is 0 Å². The minimum atomic E-state index is -0.0137. The molecule has 1 atom stereocenters. The molecule has 26 heavy (non-hydrogen) atoms. The fraction of sp³-hybridized carbons (Fsp3) is 0.304. The van der Waals surface area contributed by atoms with Crippen LogP contribution in [0.3, 0.4) is 0 Å². The third-order valence-electron chi connectivity index (χ3n) is 3.39. The van der Waals surface area contributed by atoms with Crippen LogP contribution in [0.2, 0.25) is 0 Å². The summed E-state index contributed by atoms with van der Waals surface area (Å²) in [5.74, 6) is 2.44. The van der Waals surface area contributed by atoms with Gasteiger partial charge in [0.25, 0.3) is 0 Å². The Labute approximate surface area is 158 Å². The predicted octanol–water partition coefficient (Wildman–Crippen LogP) is 5.90. The van der Waals surface area contributed by atoms with Crippen LogP contribution in [0.5, 0.6) is 5.75 Å². The summed E-state index contributed by atoms with van der Waals surface area (Å²) in [7, 11) is 0. The molecule has 0 radical (unpaired) electrons. The number of ether oxygens (including phenoxy) is 2. The lowest BCUT2D eigenvalue weighted by atomic mass is 10.2. The average molecular weight is 354 g/mol. The SMILES string of the molecule is C=C(CC/C=C\C)OC(C)/C=C/NC/C=C(\C=C/C)Oc1ccccc1. The predicted molar refractivity (Wildman–Crippen MR) is 111 cm³/mol. The van der Waals surface area contributed by atoms with Crippen LogP contribution in [-0.2, 0) is 4.74 Å². The van der Waals surface area contributed by atoms with Crippen molar-refractivity contribution in [3.05, 3.63) is 91.1 Å². The fourth-order valence-corrected chi connectivity index (χ4v) is 2.14. The van der Waals surface area contributed by atoms with Crippen molar-refractivity contribution in [2.75, 3.05) is 6.54 Å². The Morgan fingerprint density at radius 2 is 1.96 bits per heavy atom. The second kappa shape index (κ2) is 13.6. The van der Waals surface area contributed by atoms with Gasteiger partial charge in [-0.15, -0.1) is 0 Å². The molecule has 0 saturated heterocycles. The maximum Gasteiger partial charge on any atom is 0.127 e. The molecule has 3 nitrogen and oxygen atoms in total. The third-order valence-corrected chi connectivity index (χ3v) is 3.39. The van der Waals surface area contributed by atoms with Crippen LogP contribution in [0.15, 0.2) is 91.1 Å². The van der Waals surface area contributed by atoms with Crippen LogP contribution in [0.4, 0.5) is 0 Å². The van der Waals surface area contributed by atoms with E-state index in [1.807, 2.05) is 87.7 Å². The molecular weight excluding hydrogens is 322 g/mol. The van der Waals surface area contributed by atoms with Crippen molar-refractivity contribution in [2.24, 2.45) is 0 Å². The lowest BCUT2D eigenvalue weighted by Gasteiger charge is -2.12. The Morgan fingerprint density at radius 3 is 2.65 bits per heavy atom. The van der Waals surface area contributed by atoms with E-state index in [-0.39, 0.29) is 6.10 Å². The molecule has 0 spiro atoms. The molecule has 0 aliphatic rings. The second-order valence-electron chi connectivity index (χ2n) is 5.76. The van der Waals surface area contributed by atoms with E-state index in [1.54, 1.807) is 0 Å². The highest BCUT2D eigenvalue weighted by Gasteiger charge is 2.00. The van der Waals surface area contributed by atoms with Crippen LogP contribution in [0.25, 0.3) is 0 Å². The monoisotopic (exact) mass is 353 g/mol. The molecule has 140 valence electrons. The Bertz CT molecular complexity index is 627. The van der Waals surface area contributed by atoms with Crippen molar-refractivity contribution >= 4 is 0 Å². The Hall–Kier alpha value is -2.68. The van der Waals surface area contributed by atoms with Gasteiger partial charge in [-0.2, -0.15) is 0 Å². The van der Waals surface area contributed by atoms with Crippen LogP contribution in [0, 0.1) is 0 Å². The van der Waals surface area contributed by atoms with Gasteiger partial charge in [0.15, 0.2) is 0 Å². The van der Waals surface area contributed by atoms with Crippen molar-refractivity contribution in [1.82, 2.24) is 5.32 Å². The number of nitrogens with one attached hydrogen (secondary N) is 1. The van der Waals surface area contributed by atoms with E-state index < -0.39 is 0 Å². The van der Waals surface area contributed by atoms with Crippen LogP contribution >= 0.6 is 0 Å². The van der Waals surface area contributed by atoms with Crippen molar-refractivity contribution < 1.29 is 9.47 Å². The van der Waals surface area contributed by atoms with Gasteiger partial charge in [0, 0.05) is 13.0 Å². The Balaban J connectivity index is 2.37. The van der Waals surface area contributed by atoms with Gasteiger partial charge in [-0.3, -0.25) is 0 Å². The van der Waals surface area contributed by atoms with Gasteiger partial charge in [0.1, 0.15) is 17.6 Å². The summed E-state index contributed by atoms with van der Waals surface area (Å²) in [6.45, 7) is 10.6. The first kappa shape index (κ1) is 21.4. The molecular formula is C23H31NO2. The molecule has 0 saturated carbocycles. The molecule has 0 bridgehead atoms. The zero-order valence-corrected chi connectivity index (χ0v) is 16.2. The first-order chi connectivity index (χ1) is 12.7. The van der Waals surface area contributed by atoms with Crippen molar-refractivity contribution in [2.45, 2.75) is 39.7 Å². The molecule has 0 aliphatic carbocycles. The molecule has 1 aromatic carbocycles. The Morgan fingerprint density at radius 1 is 1.19 bits per heavy atom. The summed E-state index contributed by atoms with van der Waals surface area (Å²) >= 11 is 0. The van der Waals surface area contributed by atoms with Gasteiger partial charge in [-0.1, -0.05) is 43.0 Å². The molecule has 1 unspecified atom stereocenters. The van der Waals surface area contributed by atoms with E-state index in [0.29, 0.717) is 6.54 Å². The molecule has 0 aromatic heterocycles. The third kappa shape index (κ3) is 10.2. The number of allylic oxidation sites excluding steroid dienone is 5. The average Bonchev–Trinajstić information content (AvgIpc) is 2.62. The molecule has 0 aliphatic heterocycles. The minimum Gasteiger partial charge on any atom is -0.492 e. The van der Waals surface area contributed by atoms with Gasteiger partial charge in [0.05, 0.1) is 5.76 Å². The highest BCUT2D eigenvalue weighted by atomic mass is 16.5. The van der Waals surface area contributed by atoms with Crippen molar-refractivity contribution in [3.8, 4) is 5.75 Å². The van der Waals surface area contributed by atoms with Gasteiger partial charge in [-0.05, 0) is 63.8 Å². The molecule has 3 heteroatoms. The zero-order valence-electron chi connectivity index (χ0n) is 16.2. The number of benzene rings is 1. The summed E-state index contributed by atoms with van der Waals surface area (Å²) in [5.41, 5.74) is 0. The fourth-order valence-electron chi connectivity index (χ4n) is 2.14. The quantitative estimate of drug-likeness (QED) is 0.219. The topological polar surface area (TPSA) is 30.5 Å².